The first kappa shape index (κ1) is 10.2. The summed E-state index contributed by atoms with van der Waals surface area (Å²) < 4.78 is 8.26. The number of halogens is 1. The lowest BCUT2D eigenvalue weighted by molar-refractivity contribution is -0.0546. The predicted molar refractivity (Wildman–Crippen MR) is 63.6 cm³/mol. The number of hydrogen-bond acceptors (Lipinski definition) is 3. The maximum Gasteiger partial charge on any atom is 0.134 e. The van der Waals surface area contributed by atoms with Crippen molar-refractivity contribution in [3.63, 3.8) is 0 Å². The lowest BCUT2D eigenvalue weighted by Crippen LogP contribution is -2.45. The van der Waals surface area contributed by atoms with Crippen molar-refractivity contribution in [1.82, 2.24) is 14.4 Å². The van der Waals surface area contributed by atoms with Crippen LogP contribution in [0.1, 0.15) is 18.4 Å². The minimum atomic E-state index is 0.0305. The molecule has 1 saturated heterocycles. The lowest BCUT2D eigenvalue weighted by atomic mass is 9.88. The van der Waals surface area contributed by atoms with E-state index in [0.717, 1.165) is 34.9 Å². The highest BCUT2D eigenvalue weighted by molar-refractivity contribution is 9.10. The number of aromatic nitrogens is 3. The van der Waals surface area contributed by atoms with Crippen molar-refractivity contribution in [1.29, 1.82) is 0 Å². The van der Waals surface area contributed by atoms with E-state index in [1.165, 1.54) is 0 Å². The van der Waals surface area contributed by atoms with Crippen molar-refractivity contribution in [3.05, 3.63) is 28.5 Å². The molecule has 3 heterocycles. The van der Waals surface area contributed by atoms with Crippen LogP contribution in [0, 0.1) is 6.92 Å². The van der Waals surface area contributed by atoms with E-state index >= 15 is 0 Å². The first-order valence-electron chi connectivity index (χ1n) is 5.19. The Bertz CT molecular complexity index is 560. The van der Waals surface area contributed by atoms with Crippen LogP contribution in [0.15, 0.2) is 17.0 Å². The SMILES string of the molecule is Cc1nccn2c(C3(C)COC3)nc(Br)c12. The standard InChI is InChI=1S/C11H12BrN3O/c1-7-8-9(12)14-10(11(2)5-16-6-11)15(8)4-3-13-7/h3-4H,5-6H2,1-2H3. The zero-order valence-corrected chi connectivity index (χ0v) is 10.8. The Labute approximate surface area is 102 Å². The van der Waals surface area contributed by atoms with Crippen LogP contribution in [-0.2, 0) is 10.2 Å². The number of nitrogens with zero attached hydrogens (tertiary/aromatic N) is 3. The van der Waals surface area contributed by atoms with Crippen molar-refractivity contribution in [2.24, 2.45) is 0 Å². The van der Waals surface area contributed by atoms with Crippen molar-refractivity contribution < 1.29 is 4.74 Å². The molecule has 0 unspecified atom stereocenters. The van der Waals surface area contributed by atoms with E-state index in [0.29, 0.717) is 0 Å². The summed E-state index contributed by atoms with van der Waals surface area (Å²) >= 11 is 3.50. The van der Waals surface area contributed by atoms with Crippen molar-refractivity contribution >= 4 is 21.4 Å². The molecule has 4 nitrogen and oxygen atoms in total. The third-order valence-electron chi connectivity index (χ3n) is 3.08. The van der Waals surface area contributed by atoms with Crippen LogP contribution in [0.3, 0.4) is 0 Å². The molecule has 0 N–H and O–H groups in total. The minimum Gasteiger partial charge on any atom is -0.379 e. The fourth-order valence-corrected chi connectivity index (χ4v) is 2.76. The molecule has 0 radical (unpaired) electrons. The zero-order valence-electron chi connectivity index (χ0n) is 9.20. The van der Waals surface area contributed by atoms with Crippen molar-refractivity contribution in [2.45, 2.75) is 19.3 Å². The van der Waals surface area contributed by atoms with Gasteiger partial charge in [-0.05, 0) is 29.8 Å². The van der Waals surface area contributed by atoms with Gasteiger partial charge in [-0.25, -0.2) is 4.98 Å². The molecule has 1 aliphatic heterocycles. The fraction of sp³-hybridized carbons (Fsp3) is 0.455. The molecular formula is C11H12BrN3O. The molecule has 0 aromatic carbocycles. The zero-order chi connectivity index (χ0) is 11.3. The number of fused-ring (bicyclic) bond motifs is 1. The lowest BCUT2D eigenvalue weighted by Gasteiger charge is -2.36. The summed E-state index contributed by atoms with van der Waals surface area (Å²) in [4.78, 5) is 8.89. The normalized spacial score (nSPS) is 18.7. The van der Waals surface area contributed by atoms with Gasteiger partial charge in [0, 0.05) is 12.4 Å². The molecule has 1 aliphatic rings. The van der Waals surface area contributed by atoms with Crippen LogP contribution in [0.4, 0.5) is 0 Å². The van der Waals surface area contributed by atoms with E-state index < -0.39 is 0 Å². The van der Waals surface area contributed by atoms with Gasteiger partial charge in [-0.15, -0.1) is 0 Å². The van der Waals surface area contributed by atoms with Gasteiger partial charge < -0.3 is 4.74 Å². The molecular weight excluding hydrogens is 270 g/mol. The topological polar surface area (TPSA) is 39.4 Å². The van der Waals surface area contributed by atoms with Gasteiger partial charge in [-0.2, -0.15) is 0 Å². The Morgan fingerprint density at radius 3 is 2.88 bits per heavy atom. The van der Waals surface area contributed by atoms with E-state index in [-0.39, 0.29) is 5.41 Å². The smallest absolute Gasteiger partial charge is 0.134 e. The van der Waals surface area contributed by atoms with E-state index in [2.05, 4.69) is 37.2 Å². The van der Waals surface area contributed by atoms with Gasteiger partial charge in [0.25, 0.3) is 0 Å². The molecule has 2 aromatic rings. The van der Waals surface area contributed by atoms with Crippen LogP contribution < -0.4 is 0 Å². The van der Waals surface area contributed by atoms with Gasteiger partial charge in [0.05, 0.1) is 24.3 Å². The number of rotatable bonds is 1. The third kappa shape index (κ3) is 1.25. The molecule has 1 fully saturated rings. The molecule has 84 valence electrons. The summed E-state index contributed by atoms with van der Waals surface area (Å²) in [7, 11) is 0. The quantitative estimate of drug-likeness (QED) is 0.804. The second-order valence-corrected chi connectivity index (χ2v) is 5.26. The Morgan fingerprint density at radius 2 is 2.25 bits per heavy atom. The van der Waals surface area contributed by atoms with Gasteiger partial charge >= 0.3 is 0 Å². The summed E-state index contributed by atoms with van der Waals surface area (Å²) in [6, 6.07) is 0. The van der Waals surface area contributed by atoms with Crippen LogP contribution in [0.5, 0.6) is 0 Å². The number of ether oxygens (including phenoxy) is 1. The average Bonchev–Trinajstić information content (AvgIpc) is 2.54. The van der Waals surface area contributed by atoms with Crippen LogP contribution >= 0.6 is 15.9 Å². The monoisotopic (exact) mass is 281 g/mol. The number of aryl methyl sites for hydroxylation is 1. The maximum absolute atomic E-state index is 5.30. The van der Waals surface area contributed by atoms with E-state index in [1.54, 1.807) is 0 Å². The van der Waals surface area contributed by atoms with E-state index in [4.69, 9.17) is 4.74 Å². The predicted octanol–water partition coefficient (Wildman–Crippen LogP) is 2.09. The fourth-order valence-electron chi connectivity index (χ4n) is 2.11. The highest BCUT2D eigenvalue weighted by Gasteiger charge is 2.39. The second kappa shape index (κ2) is 3.28. The Morgan fingerprint density at radius 1 is 1.50 bits per heavy atom. The van der Waals surface area contributed by atoms with Gasteiger partial charge in [-0.3, -0.25) is 9.38 Å². The van der Waals surface area contributed by atoms with Gasteiger partial charge in [0.1, 0.15) is 15.9 Å². The van der Waals surface area contributed by atoms with Crippen LogP contribution in [0.2, 0.25) is 0 Å². The Kier molecular flexibility index (Phi) is 2.09. The summed E-state index contributed by atoms with van der Waals surface area (Å²) in [6.07, 6.45) is 3.77. The number of hydrogen-bond donors (Lipinski definition) is 0. The highest BCUT2D eigenvalue weighted by Crippen LogP contribution is 2.34. The molecule has 5 heteroatoms. The molecule has 0 spiro atoms. The highest BCUT2D eigenvalue weighted by atomic mass is 79.9. The Hall–Kier alpha value is -0.940. The average molecular weight is 282 g/mol. The maximum atomic E-state index is 5.30. The third-order valence-corrected chi connectivity index (χ3v) is 3.63. The Balaban J connectivity index is 2.31. The van der Waals surface area contributed by atoms with Crippen LogP contribution in [-0.4, -0.2) is 27.6 Å². The molecule has 0 amide bonds. The first-order chi connectivity index (χ1) is 7.62. The van der Waals surface area contributed by atoms with Gasteiger partial charge in [-0.1, -0.05) is 0 Å². The van der Waals surface area contributed by atoms with Gasteiger partial charge in [0.15, 0.2) is 0 Å². The van der Waals surface area contributed by atoms with E-state index in [1.807, 2.05) is 19.3 Å². The largest absolute Gasteiger partial charge is 0.379 e. The molecule has 0 atom stereocenters. The molecule has 2 aromatic heterocycles. The van der Waals surface area contributed by atoms with Gasteiger partial charge in [0.2, 0.25) is 0 Å². The summed E-state index contributed by atoms with van der Waals surface area (Å²) in [6.45, 7) is 5.64. The van der Waals surface area contributed by atoms with Crippen molar-refractivity contribution in [3.8, 4) is 0 Å². The number of imidazole rings is 1. The van der Waals surface area contributed by atoms with Crippen LogP contribution in [0.25, 0.3) is 5.52 Å². The van der Waals surface area contributed by atoms with Crippen molar-refractivity contribution in [2.75, 3.05) is 13.2 Å². The molecule has 0 bridgehead atoms. The second-order valence-electron chi connectivity index (χ2n) is 4.51. The molecule has 0 aliphatic carbocycles. The van der Waals surface area contributed by atoms with E-state index in [9.17, 15) is 0 Å². The molecule has 3 rings (SSSR count). The summed E-state index contributed by atoms with van der Waals surface area (Å²) in [5.74, 6) is 1.05. The minimum absolute atomic E-state index is 0.0305. The molecule has 16 heavy (non-hydrogen) atoms. The summed E-state index contributed by atoms with van der Waals surface area (Å²) in [5.41, 5.74) is 2.06. The first-order valence-corrected chi connectivity index (χ1v) is 5.98. The summed E-state index contributed by atoms with van der Waals surface area (Å²) in [5, 5.41) is 0. The molecule has 0 saturated carbocycles.